The van der Waals surface area contributed by atoms with E-state index in [1.165, 1.54) is 12.1 Å². The van der Waals surface area contributed by atoms with E-state index < -0.39 is 5.82 Å². The molecule has 2 atom stereocenters. The van der Waals surface area contributed by atoms with Gasteiger partial charge in [0.1, 0.15) is 11.6 Å². The first-order chi connectivity index (χ1) is 12.0. The van der Waals surface area contributed by atoms with Crippen LogP contribution in [0.4, 0.5) is 4.39 Å². The van der Waals surface area contributed by atoms with Crippen LogP contribution >= 0.6 is 11.6 Å². The maximum Gasteiger partial charge on any atom is 0.169 e. The van der Waals surface area contributed by atoms with Crippen molar-refractivity contribution in [2.45, 2.75) is 26.2 Å². The summed E-state index contributed by atoms with van der Waals surface area (Å²) in [5, 5.41) is 10.7. The van der Waals surface area contributed by atoms with Gasteiger partial charge in [0.15, 0.2) is 5.78 Å². The van der Waals surface area contributed by atoms with Crippen molar-refractivity contribution in [3.8, 4) is 11.1 Å². The largest absolute Gasteiger partial charge is 0.511 e. The molecule has 2 aliphatic carbocycles. The van der Waals surface area contributed by atoms with E-state index in [0.29, 0.717) is 11.1 Å². The maximum absolute atomic E-state index is 13.8. The van der Waals surface area contributed by atoms with Crippen molar-refractivity contribution in [2.75, 3.05) is 0 Å². The molecule has 1 N–H and O–H groups in total. The van der Waals surface area contributed by atoms with Crippen molar-refractivity contribution in [2.24, 2.45) is 11.8 Å². The number of carbonyl (C=O) groups is 1. The monoisotopic (exact) mass is 356 g/mol. The Morgan fingerprint density at radius 2 is 1.76 bits per heavy atom. The maximum atomic E-state index is 13.8. The van der Waals surface area contributed by atoms with Gasteiger partial charge in [-0.1, -0.05) is 29.8 Å². The third-order valence-corrected chi connectivity index (χ3v) is 5.76. The number of fused-ring (bicyclic) bond motifs is 2. The number of benzene rings is 2. The number of Topliss-reactive ketones (excluding diaryl/α,β-unsaturated/α-hetero) is 1. The topological polar surface area (TPSA) is 37.3 Å². The smallest absolute Gasteiger partial charge is 0.169 e. The fourth-order valence-corrected chi connectivity index (χ4v) is 4.14. The van der Waals surface area contributed by atoms with Gasteiger partial charge in [0.25, 0.3) is 0 Å². The molecule has 128 valence electrons. The standard InChI is InChI=1S/C21H18ClFO2/c1-11-2-3-12(13-6-7-17(22)18(23)10-13)9-16(11)19-20(24)14-4-5-15(8-14)21(19)25/h2-3,6-7,9-10,14-15,24H,4-5,8H2,1H3. The molecule has 4 heteroatoms. The van der Waals surface area contributed by atoms with Crippen LogP contribution in [0.15, 0.2) is 42.2 Å². The summed E-state index contributed by atoms with van der Waals surface area (Å²) in [6.45, 7) is 1.92. The second-order valence-electron chi connectivity index (χ2n) is 6.99. The van der Waals surface area contributed by atoms with Crippen LogP contribution in [-0.4, -0.2) is 10.9 Å². The van der Waals surface area contributed by atoms with E-state index in [4.69, 9.17) is 11.6 Å². The zero-order valence-corrected chi connectivity index (χ0v) is 14.6. The van der Waals surface area contributed by atoms with E-state index in [9.17, 15) is 14.3 Å². The van der Waals surface area contributed by atoms with Gasteiger partial charge in [0, 0.05) is 11.8 Å². The number of aliphatic hydroxyl groups excluding tert-OH is 1. The van der Waals surface area contributed by atoms with Crippen molar-refractivity contribution in [3.63, 3.8) is 0 Å². The Labute approximate surface area is 150 Å². The van der Waals surface area contributed by atoms with Crippen LogP contribution in [0.3, 0.4) is 0 Å². The number of hydrogen-bond donors (Lipinski definition) is 1. The van der Waals surface area contributed by atoms with E-state index in [0.717, 1.165) is 36.0 Å². The summed E-state index contributed by atoms with van der Waals surface area (Å²) in [4.78, 5) is 12.8. The van der Waals surface area contributed by atoms with Crippen LogP contribution in [0.2, 0.25) is 5.02 Å². The third-order valence-electron chi connectivity index (χ3n) is 5.45. The Bertz CT molecular complexity index is 916. The Balaban J connectivity index is 1.84. The predicted molar refractivity (Wildman–Crippen MR) is 97.0 cm³/mol. The van der Waals surface area contributed by atoms with Gasteiger partial charge < -0.3 is 5.11 Å². The van der Waals surface area contributed by atoms with Gasteiger partial charge in [-0.15, -0.1) is 0 Å². The van der Waals surface area contributed by atoms with Gasteiger partial charge in [0.2, 0.25) is 0 Å². The highest BCUT2D eigenvalue weighted by molar-refractivity contribution is 6.30. The Morgan fingerprint density at radius 3 is 2.52 bits per heavy atom. The summed E-state index contributed by atoms with van der Waals surface area (Å²) >= 11 is 5.76. The lowest BCUT2D eigenvalue weighted by atomic mass is 9.81. The van der Waals surface area contributed by atoms with E-state index in [-0.39, 0.29) is 28.4 Å². The van der Waals surface area contributed by atoms with E-state index >= 15 is 0 Å². The van der Waals surface area contributed by atoms with E-state index in [2.05, 4.69) is 0 Å². The molecule has 4 rings (SSSR count). The quantitative estimate of drug-likeness (QED) is 0.746. The molecule has 2 aromatic rings. The molecule has 2 aromatic carbocycles. The van der Waals surface area contributed by atoms with Crippen molar-refractivity contribution in [3.05, 3.63) is 64.1 Å². The minimum Gasteiger partial charge on any atom is -0.511 e. The van der Waals surface area contributed by atoms with Gasteiger partial charge >= 0.3 is 0 Å². The van der Waals surface area contributed by atoms with Crippen LogP contribution < -0.4 is 0 Å². The Kier molecular flexibility index (Phi) is 3.92. The minimum atomic E-state index is -0.477. The molecule has 0 heterocycles. The number of hydrogen-bond acceptors (Lipinski definition) is 2. The number of allylic oxidation sites excluding steroid dienone is 2. The molecule has 2 aliphatic rings. The fraction of sp³-hybridized carbons (Fsp3) is 0.286. The van der Waals surface area contributed by atoms with E-state index in [1.807, 2.05) is 25.1 Å². The highest BCUT2D eigenvalue weighted by Gasteiger charge is 2.41. The molecule has 1 saturated carbocycles. The molecule has 0 saturated heterocycles. The number of ketones is 1. The molecule has 0 aliphatic heterocycles. The molecule has 25 heavy (non-hydrogen) atoms. The lowest BCUT2D eigenvalue weighted by Crippen LogP contribution is -2.21. The molecule has 2 bridgehead atoms. The average Bonchev–Trinajstić information content (AvgIpc) is 3.05. The second kappa shape index (κ2) is 5.99. The van der Waals surface area contributed by atoms with Crippen LogP contribution in [-0.2, 0) is 4.79 Å². The molecule has 2 unspecified atom stereocenters. The van der Waals surface area contributed by atoms with Gasteiger partial charge in [-0.3, -0.25) is 4.79 Å². The zero-order chi connectivity index (χ0) is 17.7. The predicted octanol–water partition coefficient (Wildman–Crippen LogP) is 5.72. The number of aliphatic hydroxyl groups is 1. The Morgan fingerprint density at radius 1 is 1.08 bits per heavy atom. The lowest BCUT2D eigenvalue weighted by molar-refractivity contribution is -0.117. The van der Waals surface area contributed by atoms with Crippen molar-refractivity contribution >= 4 is 23.0 Å². The Hall–Kier alpha value is -2.13. The van der Waals surface area contributed by atoms with Crippen molar-refractivity contribution in [1.82, 2.24) is 0 Å². The number of rotatable bonds is 2. The summed E-state index contributed by atoms with van der Waals surface area (Å²) in [5.41, 5.74) is 3.60. The first kappa shape index (κ1) is 16.3. The molecule has 2 nitrogen and oxygen atoms in total. The van der Waals surface area contributed by atoms with Crippen molar-refractivity contribution < 1.29 is 14.3 Å². The van der Waals surface area contributed by atoms with Crippen LogP contribution in [0.25, 0.3) is 16.7 Å². The zero-order valence-electron chi connectivity index (χ0n) is 13.9. The summed E-state index contributed by atoms with van der Waals surface area (Å²) in [6, 6.07) is 10.3. The molecule has 0 spiro atoms. The molecule has 0 aromatic heterocycles. The summed E-state index contributed by atoms with van der Waals surface area (Å²) in [7, 11) is 0. The molecule has 0 radical (unpaired) electrons. The summed E-state index contributed by atoms with van der Waals surface area (Å²) in [5.74, 6) is -0.106. The second-order valence-corrected chi connectivity index (χ2v) is 7.40. The van der Waals surface area contributed by atoms with Crippen LogP contribution in [0, 0.1) is 24.6 Å². The number of carbonyl (C=O) groups excluding carboxylic acids is 1. The van der Waals surface area contributed by atoms with Gasteiger partial charge in [0.05, 0.1) is 10.6 Å². The van der Waals surface area contributed by atoms with Gasteiger partial charge in [-0.25, -0.2) is 4.39 Å². The third kappa shape index (κ3) is 2.67. The van der Waals surface area contributed by atoms with Crippen LogP contribution in [0.5, 0.6) is 0 Å². The van der Waals surface area contributed by atoms with Gasteiger partial charge in [-0.2, -0.15) is 0 Å². The minimum absolute atomic E-state index is 0.0203. The highest BCUT2D eigenvalue weighted by atomic mass is 35.5. The molecular weight excluding hydrogens is 339 g/mol. The van der Waals surface area contributed by atoms with Gasteiger partial charge in [-0.05, 0) is 66.6 Å². The molecule has 1 fully saturated rings. The van der Waals surface area contributed by atoms with Crippen molar-refractivity contribution in [1.29, 1.82) is 0 Å². The first-order valence-electron chi connectivity index (χ1n) is 8.49. The average molecular weight is 357 g/mol. The first-order valence-corrected chi connectivity index (χ1v) is 8.87. The van der Waals surface area contributed by atoms with Crippen LogP contribution in [0.1, 0.15) is 30.4 Å². The fourth-order valence-electron chi connectivity index (χ4n) is 4.02. The molecular formula is C21H18ClFO2. The van der Waals surface area contributed by atoms with E-state index in [1.54, 1.807) is 6.07 Å². The number of aryl methyl sites for hydroxylation is 1. The normalized spacial score (nSPS) is 22.6. The SMILES string of the molecule is Cc1ccc(-c2ccc(Cl)c(F)c2)cc1C1=C(O)C2CCC(C2)C1=O. The summed E-state index contributed by atoms with van der Waals surface area (Å²) in [6.07, 6.45) is 2.47. The lowest BCUT2D eigenvalue weighted by Gasteiger charge is -2.23. The molecule has 0 amide bonds. The highest BCUT2D eigenvalue weighted by Crippen LogP contribution is 2.46. The number of halogens is 2. The summed E-state index contributed by atoms with van der Waals surface area (Å²) < 4.78 is 13.8.